The lowest BCUT2D eigenvalue weighted by Crippen LogP contribution is -2.18. The Hall–Kier alpha value is -1.53. The van der Waals surface area contributed by atoms with Gasteiger partial charge in [0.05, 0.1) is 18.8 Å². The summed E-state index contributed by atoms with van der Waals surface area (Å²) < 4.78 is 5.43. The molecule has 1 atom stereocenters. The Bertz CT molecular complexity index is 580. The van der Waals surface area contributed by atoms with E-state index < -0.39 is 0 Å². The van der Waals surface area contributed by atoms with Crippen LogP contribution in [0.5, 0.6) is 0 Å². The summed E-state index contributed by atoms with van der Waals surface area (Å²) in [6, 6.07) is 2.07. The molecular formula is C14H18N4OS. The molecule has 106 valence electrons. The normalized spacial score (nSPS) is 18.4. The maximum absolute atomic E-state index is 5.43. The van der Waals surface area contributed by atoms with Crippen LogP contribution in [-0.4, -0.2) is 35.2 Å². The zero-order valence-corrected chi connectivity index (χ0v) is 12.6. The van der Waals surface area contributed by atoms with Gasteiger partial charge in [0.25, 0.3) is 0 Å². The van der Waals surface area contributed by atoms with E-state index in [1.807, 2.05) is 14.0 Å². The molecule has 0 saturated carbocycles. The van der Waals surface area contributed by atoms with Crippen molar-refractivity contribution in [3.8, 4) is 0 Å². The highest BCUT2D eigenvalue weighted by Gasteiger charge is 2.20. The van der Waals surface area contributed by atoms with Crippen LogP contribution in [0.3, 0.4) is 0 Å². The summed E-state index contributed by atoms with van der Waals surface area (Å²) in [6.07, 6.45) is 2.69. The van der Waals surface area contributed by atoms with Crippen molar-refractivity contribution in [3.63, 3.8) is 0 Å². The van der Waals surface area contributed by atoms with Gasteiger partial charge >= 0.3 is 0 Å². The lowest BCUT2D eigenvalue weighted by atomic mass is 10.0. The third-order valence-electron chi connectivity index (χ3n) is 3.45. The first-order valence-electron chi connectivity index (χ1n) is 6.74. The number of anilines is 1. The van der Waals surface area contributed by atoms with E-state index in [1.54, 1.807) is 17.7 Å². The molecule has 0 radical (unpaired) electrons. The number of nitrogens with zero attached hydrogens (tertiary/aromatic N) is 4. The first-order chi connectivity index (χ1) is 9.72. The molecule has 0 N–H and O–H groups in total. The molecule has 0 aromatic carbocycles. The lowest BCUT2D eigenvalue weighted by molar-refractivity contribution is 0.193. The smallest absolute Gasteiger partial charge is 0.132 e. The first kappa shape index (κ1) is 13.5. The highest BCUT2D eigenvalue weighted by molar-refractivity contribution is 7.09. The largest absolute Gasteiger partial charge is 0.381 e. The van der Waals surface area contributed by atoms with Crippen molar-refractivity contribution in [1.29, 1.82) is 0 Å². The molecule has 0 spiro atoms. The molecule has 1 saturated heterocycles. The van der Waals surface area contributed by atoms with Crippen LogP contribution in [0.4, 0.5) is 5.82 Å². The molecule has 3 heterocycles. The molecule has 3 rings (SSSR count). The minimum absolute atomic E-state index is 0.409. The summed E-state index contributed by atoms with van der Waals surface area (Å²) >= 11 is 1.69. The topological polar surface area (TPSA) is 51.1 Å². The quantitative estimate of drug-likeness (QED) is 0.865. The number of hydrogen-bond donors (Lipinski definition) is 0. The first-order valence-corrected chi connectivity index (χ1v) is 7.62. The van der Waals surface area contributed by atoms with E-state index in [9.17, 15) is 0 Å². The fourth-order valence-corrected chi connectivity index (χ4v) is 3.14. The molecule has 0 bridgehead atoms. The standard InChI is InChI=1S/C14H18N4OS/c1-10-8-20-14(17-10)6-18(2)13-5-12(15-9-16-13)11-3-4-19-7-11/h5,8-9,11H,3-4,6-7H2,1-2H3/t11-/m1/s1. The Morgan fingerprint density at radius 1 is 1.45 bits per heavy atom. The van der Waals surface area contributed by atoms with E-state index in [0.717, 1.165) is 48.4 Å². The van der Waals surface area contributed by atoms with Crippen LogP contribution in [0.1, 0.15) is 28.7 Å². The van der Waals surface area contributed by atoms with Gasteiger partial charge < -0.3 is 9.64 Å². The van der Waals surface area contributed by atoms with Gasteiger partial charge in [0.1, 0.15) is 17.2 Å². The Balaban J connectivity index is 1.73. The Labute approximate surface area is 122 Å². The van der Waals surface area contributed by atoms with Gasteiger partial charge in [-0.1, -0.05) is 0 Å². The molecule has 20 heavy (non-hydrogen) atoms. The monoisotopic (exact) mass is 290 g/mol. The molecule has 1 fully saturated rings. The van der Waals surface area contributed by atoms with E-state index in [0.29, 0.717) is 5.92 Å². The van der Waals surface area contributed by atoms with Gasteiger partial charge in [-0.2, -0.15) is 0 Å². The summed E-state index contributed by atoms with van der Waals surface area (Å²) in [5, 5.41) is 3.18. The fourth-order valence-electron chi connectivity index (χ4n) is 2.32. The van der Waals surface area contributed by atoms with Gasteiger partial charge in [0.15, 0.2) is 0 Å². The maximum atomic E-state index is 5.43. The SMILES string of the molecule is Cc1csc(CN(C)c2cc([C@@H]3CCOC3)ncn2)n1. The van der Waals surface area contributed by atoms with Crippen LogP contribution in [0.2, 0.25) is 0 Å². The number of thiazole rings is 1. The predicted octanol–water partition coefficient (Wildman–Crippen LogP) is 2.38. The van der Waals surface area contributed by atoms with Crippen molar-refractivity contribution in [3.05, 3.63) is 34.2 Å². The van der Waals surface area contributed by atoms with Crippen molar-refractivity contribution >= 4 is 17.2 Å². The zero-order chi connectivity index (χ0) is 13.9. The molecule has 2 aromatic rings. The van der Waals surface area contributed by atoms with Crippen LogP contribution in [0, 0.1) is 6.92 Å². The average Bonchev–Trinajstić information content (AvgIpc) is 3.11. The zero-order valence-electron chi connectivity index (χ0n) is 11.7. The Kier molecular flexibility index (Phi) is 3.93. The molecule has 0 amide bonds. The Morgan fingerprint density at radius 2 is 2.35 bits per heavy atom. The van der Waals surface area contributed by atoms with Crippen LogP contribution >= 0.6 is 11.3 Å². The van der Waals surface area contributed by atoms with Crippen molar-refractivity contribution < 1.29 is 4.74 Å². The van der Waals surface area contributed by atoms with Crippen molar-refractivity contribution in [2.24, 2.45) is 0 Å². The van der Waals surface area contributed by atoms with Gasteiger partial charge in [-0.3, -0.25) is 0 Å². The third-order valence-corrected chi connectivity index (χ3v) is 4.40. The van der Waals surface area contributed by atoms with Crippen molar-refractivity contribution in [2.75, 3.05) is 25.2 Å². The molecule has 5 nitrogen and oxygen atoms in total. The summed E-state index contributed by atoms with van der Waals surface area (Å²) in [6.45, 7) is 4.39. The number of aromatic nitrogens is 3. The van der Waals surface area contributed by atoms with E-state index in [-0.39, 0.29) is 0 Å². The van der Waals surface area contributed by atoms with Gasteiger partial charge in [-0.05, 0) is 13.3 Å². The Morgan fingerprint density at radius 3 is 3.05 bits per heavy atom. The van der Waals surface area contributed by atoms with Crippen molar-refractivity contribution in [2.45, 2.75) is 25.8 Å². The van der Waals surface area contributed by atoms with Crippen LogP contribution < -0.4 is 4.90 Å². The van der Waals surface area contributed by atoms with Crippen LogP contribution in [0.15, 0.2) is 17.8 Å². The van der Waals surface area contributed by atoms with Gasteiger partial charge in [0, 0.05) is 36.7 Å². The van der Waals surface area contributed by atoms with E-state index >= 15 is 0 Å². The lowest BCUT2D eigenvalue weighted by Gasteiger charge is -2.18. The molecular weight excluding hydrogens is 272 g/mol. The number of hydrogen-bond acceptors (Lipinski definition) is 6. The van der Waals surface area contributed by atoms with E-state index in [2.05, 4.69) is 31.3 Å². The number of aryl methyl sites for hydroxylation is 1. The van der Waals surface area contributed by atoms with E-state index in [4.69, 9.17) is 4.74 Å². The van der Waals surface area contributed by atoms with E-state index in [1.165, 1.54) is 0 Å². The summed E-state index contributed by atoms with van der Waals surface area (Å²) in [4.78, 5) is 15.3. The number of rotatable bonds is 4. The molecule has 1 aliphatic rings. The highest BCUT2D eigenvalue weighted by atomic mass is 32.1. The minimum Gasteiger partial charge on any atom is -0.381 e. The summed E-state index contributed by atoms with van der Waals surface area (Å²) in [5.41, 5.74) is 2.15. The maximum Gasteiger partial charge on any atom is 0.132 e. The van der Waals surface area contributed by atoms with Crippen molar-refractivity contribution in [1.82, 2.24) is 15.0 Å². The summed E-state index contributed by atoms with van der Waals surface area (Å²) in [7, 11) is 2.04. The second kappa shape index (κ2) is 5.85. The predicted molar refractivity (Wildman–Crippen MR) is 79.2 cm³/mol. The van der Waals surface area contributed by atoms with Gasteiger partial charge in [-0.25, -0.2) is 15.0 Å². The molecule has 2 aromatic heterocycles. The highest BCUT2D eigenvalue weighted by Crippen LogP contribution is 2.25. The number of ether oxygens (including phenoxy) is 1. The second-order valence-corrected chi connectivity index (χ2v) is 6.04. The molecule has 0 unspecified atom stereocenters. The third kappa shape index (κ3) is 2.96. The average molecular weight is 290 g/mol. The second-order valence-electron chi connectivity index (χ2n) is 5.10. The molecule has 1 aliphatic heterocycles. The minimum atomic E-state index is 0.409. The van der Waals surface area contributed by atoms with Crippen LogP contribution in [0.25, 0.3) is 0 Å². The molecule has 0 aliphatic carbocycles. The van der Waals surface area contributed by atoms with Gasteiger partial charge in [0.2, 0.25) is 0 Å². The van der Waals surface area contributed by atoms with Crippen LogP contribution in [-0.2, 0) is 11.3 Å². The van der Waals surface area contributed by atoms with Gasteiger partial charge in [-0.15, -0.1) is 11.3 Å². The molecule has 6 heteroatoms. The summed E-state index contributed by atoms with van der Waals surface area (Å²) in [5.74, 6) is 1.35. The fraction of sp³-hybridized carbons (Fsp3) is 0.500.